The average molecular weight is 485 g/mol. The number of hydrogen-bond donors (Lipinski definition) is 0. The van der Waals surface area contributed by atoms with E-state index in [2.05, 4.69) is 62.2 Å². The molecule has 188 valence electrons. The molecule has 0 aliphatic carbocycles. The summed E-state index contributed by atoms with van der Waals surface area (Å²) in [7, 11) is 1.66. The van der Waals surface area contributed by atoms with Gasteiger partial charge >= 0.3 is 0 Å². The van der Waals surface area contributed by atoms with Gasteiger partial charge in [-0.2, -0.15) is 0 Å². The molecule has 1 aromatic heterocycles. The maximum Gasteiger partial charge on any atom is 0.161 e. The lowest BCUT2D eigenvalue weighted by Crippen LogP contribution is -2.11. The van der Waals surface area contributed by atoms with Crippen molar-refractivity contribution in [1.29, 1.82) is 0 Å². The molecule has 0 aliphatic heterocycles. The van der Waals surface area contributed by atoms with E-state index in [1.54, 1.807) is 7.11 Å². The number of fused-ring (bicyclic) bond motifs is 1. The highest BCUT2D eigenvalue weighted by Gasteiger charge is 2.14. The van der Waals surface area contributed by atoms with E-state index in [0.717, 1.165) is 47.6 Å². The van der Waals surface area contributed by atoms with Crippen molar-refractivity contribution in [2.45, 2.75) is 52.2 Å². The Morgan fingerprint density at radius 1 is 0.944 bits per heavy atom. The summed E-state index contributed by atoms with van der Waals surface area (Å²) in [5, 5.41) is 0. The standard InChI is InChI=1S/C31H36N2O3/c1-6-10-23-13-18-28(29(21-23)34-5)36-22-30-32-26-11-7-8-12-27(26)33(30)19-9-20-35-25-16-14-24(15-17-25)31(2,3)4/h6-8,11-18,21H,1,9-10,19-20,22H2,2-5H3. The van der Waals surface area contributed by atoms with E-state index in [9.17, 15) is 0 Å². The van der Waals surface area contributed by atoms with E-state index in [-0.39, 0.29) is 5.41 Å². The number of para-hydroxylation sites is 2. The number of nitrogens with zero attached hydrogens (tertiary/aromatic N) is 2. The third-order valence-corrected chi connectivity index (χ3v) is 6.21. The van der Waals surface area contributed by atoms with Crippen LogP contribution in [0, 0.1) is 0 Å². The lowest BCUT2D eigenvalue weighted by Gasteiger charge is -2.19. The first-order valence-corrected chi connectivity index (χ1v) is 12.5. The minimum Gasteiger partial charge on any atom is -0.494 e. The molecule has 0 saturated carbocycles. The van der Waals surface area contributed by atoms with Crippen molar-refractivity contribution < 1.29 is 14.2 Å². The van der Waals surface area contributed by atoms with Crippen molar-refractivity contribution >= 4 is 11.0 Å². The number of imidazole rings is 1. The first-order valence-electron chi connectivity index (χ1n) is 12.5. The molecule has 4 rings (SSSR count). The predicted molar refractivity (Wildman–Crippen MR) is 146 cm³/mol. The highest BCUT2D eigenvalue weighted by Crippen LogP contribution is 2.30. The van der Waals surface area contributed by atoms with Gasteiger partial charge in [0.1, 0.15) is 18.2 Å². The summed E-state index contributed by atoms with van der Waals surface area (Å²) >= 11 is 0. The van der Waals surface area contributed by atoms with Crippen LogP contribution in [0.25, 0.3) is 11.0 Å². The predicted octanol–water partition coefficient (Wildman–Crippen LogP) is 7.12. The van der Waals surface area contributed by atoms with Gasteiger partial charge in [-0.15, -0.1) is 6.58 Å². The second-order valence-corrected chi connectivity index (χ2v) is 9.91. The van der Waals surface area contributed by atoms with E-state index in [1.807, 2.05) is 42.5 Å². The van der Waals surface area contributed by atoms with E-state index < -0.39 is 0 Å². The van der Waals surface area contributed by atoms with Gasteiger partial charge in [-0.3, -0.25) is 0 Å². The molecule has 0 saturated heterocycles. The van der Waals surface area contributed by atoms with Gasteiger partial charge < -0.3 is 18.8 Å². The van der Waals surface area contributed by atoms with Crippen LogP contribution in [0.2, 0.25) is 0 Å². The minimum absolute atomic E-state index is 0.136. The van der Waals surface area contributed by atoms with Crippen LogP contribution in [-0.2, 0) is 25.0 Å². The number of rotatable bonds is 11. The van der Waals surface area contributed by atoms with Crippen LogP contribution in [0.4, 0.5) is 0 Å². The highest BCUT2D eigenvalue weighted by atomic mass is 16.5. The molecule has 36 heavy (non-hydrogen) atoms. The summed E-state index contributed by atoms with van der Waals surface area (Å²) in [6.07, 6.45) is 3.52. The van der Waals surface area contributed by atoms with Crippen molar-refractivity contribution in [3.8, 4) is 17.2 Å². The number of methoxy groups -OCH3 is 1. The molecule has 0 N–H and O–H groups in total. The number of benzene rings is 3. The topological polar surface area (TPSA) is 45.5 Å². The molecule has 1 heterocycles. The Labute approximate surface area is 214 Å². The quantitative estimate of drug-likeness (QED) is 0.168. The maximum atomic E-state index is 6.17. The summed E-state index contributed by atoms with van der Waals surface area (Å²) in [4.78, 5) is 4.84. The average Bonchev–Trinajstić information content (AvgIpc) is 3.23. The molecule has 0 bridgehead atoms. The third-order valence-electron chi connectivity index (χ3n) is 6.21. The Morgan fingerprint density at radius 3 is 2.44 bits per heavy atom. The number of aryl methyl sites for hydroxylation is 1. The molecule has 0 unspecified atom stereocenters. The highest BCUT2D eigenvalue weighted by molar-refractivity contribution is 5.75. The third kappa shape index (κ3) is 6.09. The van der Waals surface area contributed by atoms with Crippen LogP contribution < -0.4 is 14.2 Å². The van der Waals surface area contributed by atoms with E-state index in [4.69, 9.17) is 19.2 Å². The first kappa shape index (κ1) is 25.4. The molecule has 0 aliphatic rings. The van der Waals surface area contributed by atoms with Crippen LogP contribution >= 0.6 is 0 Å². The fourth-order valence-corrected chi connectivity index (χ4v) is 4.22. The van der Waals surface area contributed by atoms with E-state index >= 15 is 0 Å². The largest absolute Gasteiger partial charge is 0.494 e. The number of allylic oxidation sites excluding steroid dienone is 1. The van der Waals surface area contributed by atoms with Gasteiger partial charge in [0.2, 0.25) is 0 Å². The van der Waals surface area contributed by atoms with Gasteiger partial charge in [0.05, 0.1) is 24.8 Å². The molecule has 0 radical (unpaired) electrons. The summed E-state index contributed by atoms with van der Waals surface area (Å²) in [5.41, 5.74) is 4.63. The molecule has 3 aromatic carbocycles. The normalized spacial score (nSPS) is 11.4. The van der Waals surface area contributed by atoms with Gasteiger partial charge in [-0.25, -0.2) is 4.98 Å². The van der Waals surface area contributed by atoms with E-state index in [0.29, 0.717) is 24.7 Å². The Balaban J connectivity index is 1.42. The molecule has 0 amide bonds. The van der Waals surface area contributed by atoms with Crippen molar-refractivity contribution in [2.75, 3.05) is 13.7 Å². The second-order valence-electron chi connectivity index (χ2n) is 9.91. The smallest absolute Gasteiger partial charge is 0.161 e. The Hall–Kier alpha value is -3.73. The zero-order valence-electron chi connectivity index (χ0n) is 21.8. The zero-order valence-corrected chi connectivity index (χ0v) is 21.8. The van der Waals surface area contributed by atoms with Crippen molar-refractivity contribution in [1.82, 2.24) is 9.55 Å². The maximum absolute atomic E-state index is 6.17. The minimum atomic E-state index is 0.136. The SMILES string of the molecule is C=CCc1ccc(OCc2nc3ccccc3n2CCCOc2ccc(C(C)(C)C)cc2)c(OC)c1. The first-order chi connectivity index (χ1) is 17.4. The van der Waals surface area contributed by atoms with Crippen molar-refractivity contribution in [3.63, 3.8) is 0 Å². The number of hydrogen-bond acceptors (Lipinski definition) is 4. The Bertz CT molecular complexity index is 1300. The monoisotopic (exact) mass is 484 g/mol. The van der Waals surface area contributed by atoms with E-state index in [1.165, 1.54) is 5.56 Å². The molecular weight excluding hydrogens is 448 g/mol. The molecule has 4 aromatic rings. The summed E-state index contributed by atoms with van der Waals surface area (Å²) in [6.45, 7) is 12.2. The van der Waals surface area contributed by atoms with Crippen LogP contribution in [0.15, 0.2) is 79.4 Å². The second kappa shape index (κ2) is 11.3. The summed E-state index contributed by atoms with van der Waals surface area (Å²) < 4.78 is 20.0. The van der Waals surface area contributed by atoms with Gasteiger partial charge in [0.25, 0.3) is 0 Å². The fraction of sp³-hybridized carbons (Fsp3) is 0.323. The lowest BCUT2D eigenvalue weighted by atomic mass is 9.87. The van der Waals surface area contributed by atoms with Crippen LogP contribution in [-0.4, -0.2) is 23.3 Å². The molecule has 0 spiro atoms. The summed E-state index contributed by atoms with van der Waals surface area (Å²) in [5.74, 6) is 3.19. The number of ether oxygens (including phenoxy) is 3. The molecular formula is C31H36N2O3. The lowest BCUT2D eigenvalue weighted by molar-refractivity contribution is 0.267. The van der Waals surface area contributed by atoms with Crippen molar-refractivity contribution in [2.24, 2.45) is 0 Å². The molecule has 5 nitrogen and oxygen atoms in total. The van der Waals surface area contributed by atoms with Gasteiger partial charge in [-0.1, -0.05) is 57.2 Å². The Kier molecular flexibility index (Phi) is 7.99. The number of aromatic nitrogens is 2. The van der Waals surface area contributed by atoms with Gasteiger partial charge in [-0.05, 0) is 65.8 Å². The van der Waals surface area contributed by atoms with Gasteiger partial charge in [0, 0.05) is 6.54 Å². The van der Waals surface area contributed by atoms with Crippen LogP contribution in [0.3, 0.4) is 0 Å². The summed E-state index contributed by atoms with van der Waals surface area (Å²) in [6, 6.07) is 22.6. The fourth-order valence-electron chi connectivity index (χ4n) is 4.22. The molecule has 0 atom stereocenters. The van der Waals surface area contributed by atoms with Crippen LogP contribution in [0.1, 0.15) is 44.1 Å². The molecule has 0 fully saturated rings. The van der Waals surface area contributed by atoms with Crippen molar-refractivity contribution in [3.05, 3.63) is 96.3 Å². The zero-order chi connectivity index (χ0) is 25.5. The molecule has 5 heteroatoms. The van der Waals surface area contributed by atoms with Gasteiger partial charge in [0.15, 0.2) is 11.5 Å². The van der Waals surface area contributed by atoms with Crippen LogP contribution in [0.5, 0.6) is 17.2 Å². The Morgan fingerprint density at radius 2 is 1.72 bits per heavy atom.